The summed E-state index contributed by atoms with van der Waals surface area (Å²) in [6, 6.07) is 1.14. The molecule has 4 N–H and O–H groups in total. The summed E-state index contributed by atoms with van der Waals surface area (Å²) >= 11 is 0. The van der Waals surface area contributed by atoms with E-state index in [1.807, 2.05) is 0 Å². The minimum atomic E-state index is -3.87. The Morgan fingerprint density at radius 3 is 2.67 bits per heavy atom. The second kappa shape index (κ2) is 5.86. The lowest BCUT2D eigenvalue weighted by Gasteiger charge is -2.25. The number of nitrogens with zero attached hydrogens (tertiary/aromatic N) is 1. The smallest absolute Gasteiger partial charge is 0.323 e. The molecule has 0 atom stereocenters. The lowest BCUT2D eigenvalue weighted by molar-refractivity contribution is -0.137. The van der Waals surface area contributed by atoms with Crippen molar-refractivity contribution in [1.29, 1.82) is 0 Å². The van der Waals surface area contributed by atoms with Crippen LogP contribution in [0.15, 0.2) is 22.0 Å². The van der Waals surface area contributed by atoms with Gasteiger partial charge in [-0.15, -0.1) is 0 Å². The molecule has 1 aromatic rings. The van der Waals surface area contributed by atoms with Gasteiger partial charge >= 0.3 is 5.97 Å². The number of aliphatic carboxylic acids is 1. The van der Waals surface area contributed by atoms with Crippen LogP contribution < -0.4 is 16.0 Å². The Bertz CT molecular complexity index is 706. The number of nitrogens with two attached hydrogens (primary N) is 1. The van der Waals surface area contributed by atoms with Crippen LogP contribution in [-0.2, 0) is 21.4 Å². The third kappa shape index (κ3) is 3.42. The van der Waals surface area contributed by atoms with Crippen molar-refractivity contribution >= 4 is 21.7 Å². The molecule has 9 heteroatoms. The van der Waals surface area contributed by atoms with Gasteiger partial charge in [0.05, 0.1) is 0 Å². The van der Waals surface area contributed by atoms with Gasteiger partial charge in [-0.1, -0.05) is 6.42 Å². The molecule has 0 aliphatic heterocycles. The number of rotatable bonds is 6. The minimum absolute atomic E-state index is 0.312. The van der Waals surface area contributed by atoms with E-state index in [0.717, 1.165) is 36.1 Å². The highest BCUT2D eigenvalue weighted by molar-refractivity contribution is 7.89. The molecule has 116 valence electrons. The predicted molar refractivity (Wildman–Crippen MR) is 75.3 cm³/mol. The number of carbonyl (C=O) groups is 1. The van der Waals surface area contributed by atoms with E-state index < -0.39 is 33.8 Å². The number of hydrogen-bond donors (Lipinski definition) is 3. The second-order valence-corrected chi connectivity index (χ2v) is 6.80. The van der Waals surface area contributed by atoms with Gasteiger partial charge in [-0.2, -0.15) is 0 Å². The standard InChI is InChI=1S/C12H17N3O5S/c13-11-9(4-5-15(12(11)18)7-10(16)17)21(19,20)14-6-8-2-1-3-8/h4-5,8,14H,1-3,6-7,13H2,(H,16,17). The van der Waals surface area contributed by atoms with Crippen molar-refractivity contribution in [2.45, 2.75) is 30.7 Å². The Hall–Kier alpha value is -1.87. The van der Waals surface area contributed by atoms with Gasteiger partial charge in [0.2, 0.25) is 10.0 Å². The van der Waals surface area contributed by atoms with Gasteiger partial charge < -0.3 is 15.4 Å². The maximum Gasteiger partial charge on any atom is 0.323 e. The molecule has 0 amide bonds. The quantitative estimate of drug-likeness (QED) is 0.654. The Morgan fingerprint density at radius 1 is 1.48 bits per heavy atom. The monoisotopic (exact) mass is 315 g/mol. The van der Waals surface area contributed by atoms with E-state index in [1.54, 1.807) is 0 Å². The van der Waals surface area contributed by atoms with Crippen LogP contribution in [0.4, 0.5) is 5.69 Å². The van der Waals surface area contributed by atoms with E-state index in [9.17, 15) is 18.0 Å². The van der Waals surface area contributed by atoms with Crippen molar-refractivity contribution in [3.63, 3.8) is 0 Å². The zero-order chi connectivity index (χ0) is 15.6. The molecule has 0 unspecified atom stereocenters. The summed E-state index contributed by atoms with van der Waals surface area (Å²) in [6.07, 6.45) is 4.18. The van der Waals surface area contributed by atoms with Crippen LogP contribution >= 0.6 is 0 Å². The molecule has 0 saturated heterocycles. The van der Waals surface area contributed by atoms with E-state index in [2.05, 4.69) is 4.72 Å². The number of sulfonamides is 1. The highest BCUT2D eigenvalue weighted by Gasteiger charge is 2.24. The van der Waals surface area contributed by atoms with Crippen LogP contribution in [0.5, 0.6) is 0 Å². The van der Waals surface area contributed by atoms with Crippen LogP contribution in [0.3, 0.4) is 0 Å². The first-order chi connectivity index (χ1) is 9.81. The summed E-state index contributed by atoms with van der Waals surface area (Å²) in [4.78, 5) is 22.1. The number of anilines is 1. The lowest BCUT2D eigenvalue weighted by Crippen LogP contribution is -2.34. The van der Waals surface area contributed by atoms with Crippen molar-refractivity contribution in [3.8, 4) is 0 Å². The number of nitrogens with one attached hydrogen (secondary N) is 1. The molecular weight excluding hydrogens is 298 g/mol. The predicted octanol–water partition coefficient (Wildman–Crippen LogP) is -0.407. The van der Waals surface area contributed by atoms with E-state index in [4.69, 9.17) is 10.8 Å². The van der Waals surface area contributed by atoms with E-state index >= 15 is 0 Å². The molecule has 1 heterocycles. The van der Waals surface area contributed by atoms with Crippen LogP contribution in [-0.4, -0.2) is 30.6 Å². The number of nitrogen functional groups attached to an aromatic ring is 1. The van der Waals surface area contributed by atoms with Crippen LogP contribution in [0.1, 0.15) is 19.3 Å². The minimum Gasteiger partial charge on any atom is -0.480 e. The van der Waals surface area contributed by atoms with E-state index in [0.29, 0.717) is 12.5 Å². The normalized spacial score (nSPS) is 15.6. The molecule has 8 nitrogen and oxygen atoms in total. The molecule has 0 bridgehead atoms. The average molecular weight is 315 g/mol. The largest absolute Gasteiger partial charge is 0.480 e. The average Bonchev–Trinajstić information content (AvgIpc) is 2.32. The van der Waals surface area contributed by atoms with Crippen LogP contribution in [0, 0.1) is 5.92 Å². The molecule has 2 rings (SSSR count). The highest BCUT2D eigenvalue weighted by Crippen LogP contribution is 2.26. The Kier molecular flexibility index (Phi) is 4.33. The fourth-order valence-corrected chi connectivity index (χ4v) is 3.31. The maximum absolute atomic E-state index is 12.1. The fourth-order valence-electron chi connectivity index (χ4n) is 2.08. The summed E-state index contributed by atoms with van der Waals surface area (Å²) in [7, 11) is -3.87. The van der Waals surface area contributed by atoms with E-state index in [-0.39, 0.29) is 4.90 Å². The van der Waals surface area contributed by atoms with Gasteiger partial charge in [0, 0.05) is 12.7 Å². The molecule has 0 spiro atoms. The first-order valence-electron chi connectivity index (χ1n) is 6.51. The summed E-state index contributed by atoms with van der Waals surface area (Å²) in [5, 5.41) is 8.66. The molecule has 0 radical (unpaired) electrons. The summed E-state index contributed by atoms with van der Waals surface area (Å²) in [6.45, 7) is -0.251. The zero-order valence-electron chi connectivity index (χ0n) is 11.3. The van der Waals surface area contributed by atoms with Crippen molar-refractivity contribution in [2.24, 2.45) is 5.92 Å². The summed E-state index contributed by atoms with van der Waals surface area (Å²) in [5.74, 6) is -0.886. The Labute approximate surface area is 121 Å². The van der Waals surface area contributed by atoms with Crippen LogP contribution in [0.2, 0.25) is 0 Å². The molecule has 1 saturated carbocycles. The third-order valence-corrected chi connectivity index (χ3v) is 5.03. The number of hydrogen-bond acceptors (Lipinski definition) is 5. The van der Waals surface area contributed by atoms with Gasteiger partial charge in [0.1, 0.15) is 17.1 Å². The van der Waals surface area contributed by atoms with Crippen molar-refractivity contribution in [2.75, 3.05) is 12.3 Å². The molecule has 0 aromatic carbocycles. The maximum atomic E-state index is 12.1. The first kappa shape index (κ1) is 15.5. The van der Waals surface area contributed by atoms with Crippen molar-refractivity contribution in [3.05, 3.63) is 22.6 Å². The second-order valence-electron chi connectivity index (χ2n) is 5.07. The summed E-state index contributed by atoms with van der Waals surface area (Å²) in [5.41, 5.74) is 4.25. The van der Waals surface area contributed by atoms with Crippen molar-refractivity contribution < 1.29 is 18.3 Å². The molecule has 1 aliphatic rings. The molecule has 21 heavy (non-hydrogen) atoms. The Balaban J connectivity index is 2.24. The molecule has 1 aromatic heterocycles. The van der Waals surface area contributed by atoms with Crippen molar-refractivity contribution in [1.82, 2.24) is 9.29 Å². The highest BCUT2D eigenvalue weighted by atomic mass is 32.2. The van der Waals surface area contributed by atoms with Gasteiger partial charge in [0.15, 0.2) is 0 Å². The Morgan fingerprint density at radius 2 is 2.14 bits per heavy atom. The first-order valence-corrected chi connectivity index (χ1v) is 8.00. The van der Waals surface area contributed by atoms with Gasteiger partial charge in [0.25, 0.3) is 5.56 Å². The van der Waals surface area contributed by atoms with Gasteiger partial charge in [-0.3, -0.25) is 9.59 Å². The SMILES string of the molecule is Nc1c(S(=O)(=O)NCC2CCC2)ccn(CC(=O)O)c1=O. The summed E-state index contributed by atoms with van der Waals surface area (Å²) < 4.78 is 27.5. The van der Waals surface area contributed by atoms with Gasteiger partial charge in [-0.25, -0.2) is 13.1 Å². The van der Waals surface area contributed by atoms with E-state index in [1.165, 1.54) is 0 Å². The number of carboxylic acid groups (broad SMARTS) is 1. The number of carboxylic acids is 1. The molecule has 1 aliphatic carbocycles. The number of pyridine rings is 1. The lowest BCUT2D eigenvalue weighted by atomic mass is 9.86. The molecule has 1 fully saturated rings. The fraction of sp³-hybridized carbons (Fsp3) is 0.500. The third-order valence-electron chi connectivity index (χ3n) is 3.54. The zero-order valence-corrected chi connectivity index (χ0v) is 12.1. The van der Waals surface area contributed by atoms with Crippen LogP contribution in [0.25, 0.3) is 0 Å². The number of aromatic nitrogens is 1. The van der Waals surface area contributed by atoms with Gasteiger partial charge in [-0.05, 0) is 24.8 Å². The topological polar surface area (TPSA) is 131 Å². The molecular formula is C12H17N3O5S.